The highest BCUT2D eigenvalue weighted by Crippen LogP contribution is 2.20. The first-order chi connectivity index (χ1) is 16.2. The fraction of sp³-hybridized carbons (Fsp3) is 0.308. The van der Waals surface area contributed by atoms with Crippen LogP contribution in [0.4, 0.5) is 0 Å². The van der Waals surface area contributed by atoms with E-state index in [1.807, 2.05) is 55.5 Å². The summed E-state index contributed by atoms with van der Waals surface area (Å²) in [6.07, 6.45) is 1.74. The van der Waals surface area contributed by atoms with Crippen LogP contribution in [0.2, 0.25) is 0 Å². The highest BCUT2D eigenvalue weighted by Gasteiger charge is 2.09. The molecule has 3 rings (SSSR count). The van der Waals surface area contributed by atoms with E-state index in [9.17, 15) is 0 Å². The van der Waals surface area contributed by atoms with Crippen LogP contribution >= 0.6 is 0 Å². The number of guanidine groups is 1. The topological polar surface area (TPSA) is 77.0 Å². The molecule has 0 amide bonds. The van der Waals surface area contributed by atoms with Gasteiger partial charge in [-0.15, -0.1) is 0 Å². The maximum Gasteiger partial charge on any atom is 0.218 e. The molecule has 174 valence electrons. The van der Waals surface area contributed by atoms with Crippen LogP contribution in [0.3, 0.4) is 0 Å². The van der Waals surface area contributed by atoms with Gasteiger partial charge in [0.25, 0.3) is 0 Å². The first-order valence-electron chi connectivity index (χ1n) is 11.0. The lowest BCUT2D eigenvalue weighted by molar-refractivity contribution is 0.145. The second-order valence-electron chi connectivity index (χ2n) is 7.47. The number of rotatable bonds is 11. The summed E-state index contributed by atoms with van der Waals surface area (Å²) in [5, 5.41) is 6.69. The quantitative estimate of drug-likeness (QED) is 0.264. The van der Waals surface area contributed by atoms with E-state index in [0.29, 0.717) is 44.7 Å². The van der Waals surface area contributed by atoms with E-state index in [2.05, 4.69) is 32.7 Å². The molecule has 2 aromatic carbocycles. The second kappa shape index (κ2) is 13.1. The number of methoxy groups -OCH3 is 1. The van der Waals surface area contributed by atoms with E-state index in [1.165, 1.54) is 0 Å². The molecule has 7 heteroatoms. The Morgan fingerprint density at radius 1 is 0.909 bits per heavy atom. The van der Waals surface area contributed by atoms with E-state index in [1.54, 1.807) is 20.4 Å². The van der Waals surface area contributed by atoms with E-state index in [-0.39, 0.29) is 0 Å². The molecule has 7 nitrogen and oxygen atoms in total. The van der Waals surface area contributed by atoms with Crippen molar-refractivity contribution in [2.45, 2.75) is 26.6 Å². The molecular formula is C26H32N4O3. The average Bonchev–Trinajstić information content (AvgIpc) is 2.85. The number of hydrogen-bond acceptors (Lipinski definition) is 5. The van der Waals surface area contributed by atoms with E-state index < -0.39 is 0 Å². The summed E-state index contributed by atoms with van der Waals surface area (Å²) in [6.45, 7) is 4.68. The lowest BCUT2D eigenvalue weighted by Crippen LogP contribution is -2.36. The molecule has 0 aliphatic rings. The molecule has 3 aromatic rings. The number of nitrogens with one attached hydrogen (secondary N) is 2. The van der Waals surface area contributed by atoms with Gasteiger partial charge in [0.15, 0.2) is 5.96 Å². The summed E-state index contributed by atoms with van der Waals surface area (Å²) in [4.78, 5) is 8.73. The van der Waals surface area contributed by atoms with Crippen molar-refractivity contribution in [3.63, 3.8) is 0 Å². The molecule has 1 heterocycles. The standard InChI is InChI=1S/C26H32N4O3/c1-20-11-12-22(24(16-20)32-15-14-31-3)17-29-26(27-2)30-18-23-10-7-13-28-25(23)33-19-21-8-5-4-6-9-21/h4-13,16H,14-15,17-19H2,1-3H3,(H2,27,29,30). The zero-order chi connectivity index (χ0) is 23.3. The number of benzene rings is 2. The summed E-state index contributed by atoms with van der Waals surface area (Å²) < 4.78 is 16.9. The van der Waals surface area contributed by atoms with Crippen LogP contribution in [0.5, 0.6) is 11.6 Å². The Labute approximate surface area is 195 Å². The van der Waals surface area contributed by atoms with Gasteiger partial charge in [0.05, 0.1) is 6.61 Å². The van der Waals surface area contributed by atoms with Crippen molar-refractivity contribution >= 4 is 5.96 Å². The third kappa shape index (κ3) is 7.80. The second-order valence-corrected chi connectivity index (χ2v) is 7.47. The Balaban J connectivity index is 1.56. The SMILES string of the molecule is CN=C(NCc1ccc(C)cc1OCCOC)NCc1cccnc1OCc1ccccc1. The normalized spacial score (nSPS) is 11.2. The van der Waals surface area contributed by atoms with Crippen LogP contribution in [-0.4, -0.2) is 38.3 Å². The van der Waals surface area contributed by atoms with Gasteiger partial charge in [-0.05, 0) is 30.2 Å². The number of ether oxygens (including phenoxy) is 3. The molecule has 0 fully saturated rings. The lowest BCUT2D eigenvalue weighted by atomic mass is 10.1. The Morgan fingerprint density at radius 3 is 2.45 bits per heavy atom. The Kier molecular flexibility index (Phi) is 9.54. The molecule has 0 unspecified atom stereocenters. The molecule has 0 aliphatic heterocycles. The zero-order valence-electron chi connectivity index (χ0n) is 19.5. The molecule has 0 bridgehead atoms. The van der Waals surface area contributed by atoms with E-state index in [4.69, 9.17) is 14.2 Å². The van der Waals surface area contributed by atoms with E-state index in [0.717, 1.165) is 28.0 Å². The van der Waals surface area contributed by atoms with Gasteiger partial charge in [0.2, 0.25) is 5.88 Å². The van der Waals surface area contributed by atoms with Crippen molar-refractivity contribution in [3.05, 3.63) is 89.1 Å². The fourth-order valence-electron chi connectivity index (χ4n) is 3.17. The largest absolute Gasteiger partial charge is 0.491 e. The monoisotopic (exact) mass is 448 g/mol. The van der Waals surface area contributed by atoms with Gasteiger partial charge in [-0.1, -0.05) is 48.5 Å². The van der Waals surface area contributed by atoms with Crippen LogP contribution in [0.25, 0.3) is 0 Å². The van der Waals surface area contributed by atoms with Gasteiger partial charge in [-0.25, -0.2) is 4.98 Å². The number of aryl methyl sites for hydroxylation is 1. The first kappa shape index (κ1) is 24.1. The summed E-state index contributed by atoms with van der Waals surface area (Å²) >= 11 is 0. The van der Waals surface area contributed by atoms with E-state index >= 15 is 0 Å². The summed E-state index contributed by atoms with van der Waals surface area (Å²) in [7, 11) is 3.41. The average molecular weight is 449 g/mol. The number of aliphatic imine (C=N–C) groups is 1. The summed E-state index contributed by atoms with van der Waals surface area (Å²) in [5.41, 5.74) is 4.25. The molecule has 0 saturated carbocycles. The van der Waals surface area contributed by atoms with Crippen LogP contribution in [0.15, 0.2) is 71.9 Å². The zero-order valence-corrected chi connectivity index (χ0v) is 19.5. The van der Waals surface area contributed by atoms with Crippen LogP contribution in [-0.2, 0) is 24.4 Å². The number of pyridine rings is 1. The summed E-state index contributed by atoms with van der Waals surface area (Å²) in [6, 6.07) is 20.1. The fourth-order valence-corrected chi connectivity index (χ4v) is 3.17. The molecule has 0 atom stereocenters. The maximum atomic E-state index is 5.95. The molecule has 0 radical (unpaired) electrons. The molecule has 0 saturated heterocycles. The van der Waals surface area contributed by atoms with Crippen molar-refractivity contribution in [2.75, 3.05) is 27.4 Å². The predicted octanol–water partition coefficient (Wildman–Crippen LogP) is 3.86. The molecular weight excluding hydrogens is 416 g/mol. The third-order valence-electron chi connectivity index (χ3n) is 4.95. The highest BCUT2D eigenvalue weighted by molar-refractivity contribution is 5.79. The van der Waals surface area contributed by atoms with Crippen molar-refractivity contribution in [1.29, 1.82) is 0 Å². The predicted molar refractivity (Wildman–Crippen MR) is 131 cm³/mol. The molecule has 33 heavy (non-hydrogen) atoms. The Morgan fingerprint density at radius 2 is 1.70 bits per heavy atom. The van der Waals surface area contributed by atoms with Crippen LogP contribution in [0, 0.1) is 6.92 Å². The molecule has 0 spiro atoms. The maximum absolute atomic E-state index is 5.95. The Bertz CT molecular complexity index is 1030. The molecule has 0 aliphatic carbocycles. The van der Waals surface area contributed by atoms with Crippen molar-refractivity contribution < 1.29 is 14.2 Å². The van der Waals surface area contributed by atoms with Gasteiger partial charge in [-0.2, -0.15) is 0 Å². The minimum atomic E-state index is 0.469. The Hall–Kier alpha value is -3.58. The van der Waals surface area contributed by atoms with Gasteiger partial charge in [0, 0.05) is 44.6 Å². The van der Waals surface area contributed by atoms with Gasteiger partial charge in [-0.3, -0.25) is 4.99 Å². The number of aromatic nitrogens is 1. The third-order valence-corrected chi connectivity index (χ3v) is 4.95. The minimum Gasteiger partial charge on any atom is -0.491 e. The smallest absolute Gasteiger partial charge is 0.218 e. The summed E-state index contributed by atoms with van der Waals surface area (Å²) in [5.74, 6) is 2.13. The van der Waals surface area contributed by atoms with Gasteiger partial charge in [0.1, 0.15) is 19.0 Å². The van der Waals surface area contributed by atoms with Gasteiger partial charge >= 0.3 is 0 Å². The molecule has 2 N–H and O–H groups in total. The minimum absolute atomic E-state index is 0.469. The lowest BCUT2D eigenvalue weighted by Gasteiger charge is -2.16. The van der Waals surface area contributed by atoms with Crippen molar-refractivity contribution in [2.24, 2.45) is 4.99 Å². The van der Waals surface area contributed by atoms with Crippen molar-refractivity contribution in [3.8, 4) is 11.6 Å². The van der Waals surface area contributed by atoms with Crippen LogP contribution in [0.1, 0.15) is 22.3 Å². The number of nitrogens with zero attached hydrogens (tertiary/aromatic N) is 2. The number of hydrogen-bond donors (Lipinski definition) is 2. The highest BCUT2D eigenvalue weighted by atomic mass is 16.5. The van der Waals surface area contributed by atoms with Gasteiger partial charge < -0.3 is 24.8 Å². The first-order valence-corrected chi connectivity index (χ1v) is 11.0. The van der Waals surface area contributed by atoms with Crippen LogP contribution < -0.4 is 20.1 Å². The van der Waals surface area contributed by atoms with Crippen molar-refractivity contribution in [1.82, 2.24) is 15.6 Å². The molecule has 1 aromatic heterocycles.